The summed E-state index contributed by atoms with van der Waals surface area (Å²) in [6, 6.07) is 2.53. The van der Waals surface area contributed by atoms with E-state index in [1.54, 1.807) is 0 Å². The first-order valence-electron chi connectivity index (χ1n) is 4.58. The second kappa shape index (κ2) is 2.76. The Morgan fingerprint density at radius 3 is 2.64 bits per heavy atom. The highest BCUT2D eigenvalue weighted by molar-refractivity contribution is 5.37. The molecular formula is C11H12F2O. The maximum atomic E-state index is 13.3. The van der Waals surface area contributed by atoms with Crippen LogP contribution in [0.2, 0.25) is 0 Å². The van der Waals surface area contributed by atoms with Gasteiger partial charge in [-0.3, -0.25) is 0 Å². The van der Waals surface area contributed by atoms with Crippen molar-refractivity contribution in [2.24, 2.45) is 5.41 Å². The van der Waals surface area contributed by atoms with Crippen molar-refractivity contribution in [1.82, 2.24) is 0 Å². The van der Waals surface area contributed by atoms with Crippen molar-refractivity contribution in [2.75, 3.05) is 0 Å². The summed E-state index contributed by atoms with van der Waals surface area (Å²) in [5.74, 6) is -1.65. The largest absolute Gasteiger partial charge is 0.388 e. The molecule has 0 heterocycles. The van der Waals surface area contributed by atoms with Gasteiger partial charge < -0.3 is 5.11 Å². The highest BCUT2D eigenvalue weighted by atomic mass is 19.2. The van der Waals surface area contributed by atoms with Gasteiger partial charge in [0.15, 0.2) is 11.6 Å². The molecule has 1 atom stereocenters. The Bertz CT molecular complexity index is 385. The average Bonchev–Trinajstić information content (AvgIpc) is 2.33. The summed E-state index contributed by atoms with van der Waals surface area (Å²) in [4.78, 5) is 0. The Morgan fingerprint density at radius 1 is 1.36 bits per heavy atom. The Hall–Kier alpha value is -0.960. The number of aliphatic hydroxyl groups is 1. The average molecular weight is 198 g/mol. The van der Waals surface area contributed by atoms with Gasteiger partial charge in [0.2, 0.25) is 0 Å². The van der Waals surface area contributed by atoms with Crippen LogP contribution in [0.15, 0.2) is 12.1 Å². The highest BCUT2D eigenvalue weighted by Crippen LogP contribution is 2.46. The molecule has 0 radical (unpaired) electrons. The van der Waals surface area contributed by atoms with Crippen LogP contribution in [0.3, 0.4) is 0 Å². The van der Waals surface area contributed by atoms with Gasteiger partial charge in [-0.25, -0.2) is 8.78 Å². The molecule has 0 amide bonds. The molecular weight excluding hydrogens is 186 g/mol. The standard InChI is InChI=1S/C11H12F2O/c1-11(2)5-7-6(10(11)14)3-4-8(12)9(7)13/h3-4,10,14H,5H2,1-2H3. The van der Waals surface area contributed by atoms with E-state index in [1.165, 1.54) is 6.07 Å². The lowest BCUT2D eigenvalue weighted by Crippen LogP contribution is -2.16. The zero-order valence-corrected chi connectivity index (χ0v) is 8.14. The molecule has 0 aromatic heterocycles. The number of aliphatic hydroxyl groups excluding tert-OH is 1. The zero-order chi connectivity index (χ0) is 10.5. The molecule has 0 spiro atoms. The predicted octanol–water partition coefficient (Wildman–Crippen LogP) is 2.58. The molecule has 0 aliphatic heterocycles. The summed E-state index contributed by atoms with van der Waals surface area (Å²) in [7, 11) is 0. The van der Waals surface area contributed by atoms with Crippen LogP contribution in [0.4, 0.5) is 8.78 Å². The van der Waals surface area contributed by atoms with Gasteiger partial charge in [-0.05, 0) is 29.0 Å². The molecule has 1 aromatic rings. The molecule has 0 fully saturated rings. The van der Waals surface area contributed by atoms with E-state index in [-0.39, 0.29) is 0 Å². The lowest BCUT2D eigenvalue weighted by atomic mass is 9.87. The first kappa shape index (κ1) is 9.59. The van der Waals surface area contributed by atoms with Crippen molar-refractivity contribution < 1.29 is 13.9 Å². The molecule has 1 aliphatic carbocycles. The zero-order valence-electron chi connectivity index (χ0n) is 8.14. The Balaban J connectivity index is 2.59. The van der Waals surface area contributed by atoms with Gasteiger partial charge in [0.1, 0.15) is 0 Å². The van der Waals surface area contributed by atoms with Crippen molar-refractivity contribution in [2.45, 2.75) is 26.4 Å². The lowest BCUT2D eigenvalue weighted by Gasteiger charge is -2.21. The molecule has 14 heavy (non-hydrogen) atoms. The van der Waals surface area contributed by atoms with E-state index < -0.39 is 23.2 Å². The second-order valence-electron chi connectivity index (χ2n) is 4.50. The summed E-state index contributed by atoms with van der Waals surface area (Å²) in [6.07, 6.45) is -0.319. The smallest absolute Gasteiger partial charge is 0.162 e. The van der Waals surface area contributed by atoms with Crippen LogP contribution < -0.4 is 0 Å². The van der Waals surface area contributed by atoms with E-state index >= 15 is 0 Å². The minimum atomic E-state index is -0.839. The van der Waals surface area contributed by atoms with Crippen LogP contribution in [-0.4, -0.2) is 5.11 Å². The SMILES string of the molecule is CC1(C)Cc2c(ccc(F)c2F)C1O. The first-order chi connectivity index (χ1) is 6.43. The highest BCUT2D eigenvalue weighted by Gasteiger charge is 2.39. The molecule has 0 saturated heterocycles. The summed E-state index contributed by atoms with van der Waals surface area (Å²) >= 11 is 0. The normalized spacial score (nSPS) is 23.6. The van der Waals surface area contributed by atoms with Crippen LogP contribution in [0.5, 0.6) is 0 Å². The Kier molecular flexibility index (Phi) is 1.89. The van der Waals surface area contributed by atoms with Gasteiger partial charge in [-0.2, -0.15) is 0 Å². The molecule has 1 aliphatic rings. The van der Waals surface area contributed by atoms with Crippen molar-refractivity contribution in [1.29, 1.82) is 0 Å². The quantitative estimate of drug-likeness (QED) is 0.679. The Labute approximate surface area is 81.4 Å². The van der Waals surface area contributed by atoms with Gasteiger partial charge >= 0.3 is 0 Å². The molecule has 1 unspecified atom stereocenters. The molecule has 0 bridgehead atoms. The van der Waals surface area contributed by atoms with Crippen LogP contribution >= 0.6 is 0 Å². The van der Waals surface area contributed by atoms with Crippen molar-refractivity contribution in [3.05, 3.63) is 34.9 Å². The van der Waals surface area contributed by atoms with E-state index in [9.17, 15) is 13.9 Å². The van der Waals surface area contributed by atoms with Gasteiger partial charge in [0.25, 0.3) is 0 Å². The summed E-state index contributed by atoms with van der Waals surface area (Å²) in [6.45, 7) is 3.68. The monoisotopic (exact) mass is 198 g/mol. The molecule has 76 valence electrons. The van der Waals surface area contributed by atoms with Crippen LogP contribution in [0, 0.1) is 17.0 Å². The number of rotatable bonds is 0. The Morgan fingerprint density at radius 2 is 2.00 bits per heavy atom. The second-order valence-corrected chi connectivity index (χ2v) is 4.50. The lowest BCUT2D eigenvalue weighted by molar-refractivity contribution is 0.0665. The van der Waals surface area contributed by atoms with E-state index in [0.717, 1.165) is 6.07 Å². The third-order valence-corrected chi connectivity index (χ3v) is 2.90. The van der Waals surface area contributed by atoms with Gasteiger partial charge in [-0.1, -0.05) is 19.9 Å². The third kappa shape index (κ3) is 1.16. The van der Waals surface area contributed by atoms with Gasteiger partial charge in [-0.15, -0.1) is 0 Å². The van der Waals surface area contributed by atoms with E-state index in [4.69, 9.17) is 0 Å². The third-order valence-electron chi connectivity index (χ3n) is 2.90. The van der Waals surface area contributed by atoms with Gasteiger partial charge in [0, 0.05) is 0 Å². The maximum absolute atomic E-state index is 13.3. The first-order valence-corrected chi connectivity index (χ1v) is 4.58. The molecule has 3 heteroatoms. The van der Waals surface area contributed by atoms with E-state index in [1.807, 2.05) is 13.8 Å². The van der Waals surface area contributed by atoms with Crippen LogP contribution in [-0.2, 0) is 6.42 Å². The van der Waals surface area contributed by atoms with Crippen molar-refractivity contribution in [3.63, 3.8) is 0 Å². The fourth-order valence-electron chi connectivity index (χ4n) is 2.02. The fourth-order valence-corrected chi connectivity index (χ4v) is 2.02. The number of fused-ring (bicyclic) bond motifs is 1. The predicted molar refractivity (Wildman–Crippen MR) is 48.8 cm³/mol. The number of halogens is 2. The molecule has 1 N–H and O–H groups in total. The number of hydrogen-bond donors (Lipinski definition) is 1. The minimum Gasteiger partial charge on any atom is -0.388 e. The minimum absolute atomic E-state index is 0.322. The summed E-state index contributed by atoms with van der Waals surface area (Å²) < 4.78 is 26.2. The van der Waals surface area contributed by atoms with E-state index in [0.29, 0.717) is 17.5 Å². The topological polar surface area (TPSA) is 20.2 Å². The maximum Gasteiger partial charge on any atom is 0.162 e. The van der Waals surface area contributed by atoms with Crippen LogP contribution in [0.1, 0.15) is 31.1 Å². The summed E-state index contributed by atoms with van der Waals surface area (Å²) in [5, 5.41) is 9.84. The molecule has 2 rings (SSSR count). The van der Waals surface area contributed by atoms with Crippen LogP contribution in [0.25, 0.3) is 0 Å². The molecule has 1 aromatic carbocycles. The fraction of sp³-hybridized carbons (Fsp3) is 0.455. The molecule has 0 saturated carbocycles. The van der Waals surface area contributed by atoms with Crippen molar-refractivity contribution in [3.8, 4) is 0 Å². The number of hydrogen-bond acceptors (Lipinski definition) is 1. The van der Waals surface area contributed by atoms with Crippen molar-refractivity contribution >= 4 is 0 Å². The summed E-state index contributed by atoms with van der Waals surface area (Å²) in [5.41, 5.74) is 0.438. The van der Waals surface area contributed by atoms with E-state index in [2.05, 4.69) is 0 Å². The van der Waals surface area contributed by atoms with Gasteiger partial charge in [0.05, 0.1) is 6.10 Å². The number of benzene rings is 1. The molecule has 1 nitrogen and oxygen atoms in total.